The SMILES string of the molecule is CC(C)COCCOC(=O)CCC1CCNC1. The van der Waals surface area contributed by atoms with Gasteiger partial charge in [0.1, 0.15) is 6.61 Å². The van der Waals surface area contributed by atoms with Crippen LogP contribution in [0.1, 0.15) is 33.1 Å². The van der Waals surface area contributed by atoms with Crippen LogP contribution in [0.2, 0.25) is 0 Å². The van der Waals surface area contributed by atoms with Gasteiger partial charge >= 0.3 is 5.97 Å². The van der Waals surface area contributed by atoms with Gasteiger partial charge in [-0.3, -0.25) is 4.79 Å². The van der Waals surface area contributed by atoms with Gasteiger partial charge in [0.25, 0.3) is 0 Å². The third kappa shape index (κ3) is 7.34. The largest absolute Gasteiger partial charge is 0.463 e. The van der Waals surface area contributed by atoms with Crippen molar-refractivity contribution in [2.45, 2.75) is 33.1 Å². The second kappa shape index (κ2) is 8.48. The molecule has 0 amide bonds. The van der Waals surface area contributed by atoms with Gasteiger partial charge in [0.15, 0.2) is 0 Å². The molecule has 1 aliphatic heterocycles. The van der Waals surface area contributed by atoms with E-state index in [-0.39, 0.29) is 5.97 Å². The lowest BCUT2D eigenvalue weighted by Crippen LogP contribution is -2.14. The number of hydrogen-bond acceptors (Lipinski definition) is 4. The van der Waals surface area contributed by atoms with E-state index in [9.17, 15) is 4.79 Å². The zero-order valence-corrected chi connectivity index (χ0v) is 11.0. The monoisotopic (exact) mass is 243 g/mol. The Balaban J connectivity index is 1.90. The summed E-state index contributed by atoms with van der Waals surface area (Å²) in [7, 11) is 0. The number of nitrogens with one attached hydrogen (secondary N) is 1. The Bertz CT molecular complexity index is 213. The maximum Gasteiger partial charge on any atom is 0.305 e. The van der Waals surface area contributed by atoms with Crippen molar-refractivity contribution in [2.75, 3.05) is 32.9 Å². The number of rotatable bonds is 8. The van der Waals surface area contributed by atoms with E-state index in [0.717, 1.165) is 26.1 Å². The average Bonchev–Trinajstić information content (AvgIpc) is 2.78. The molecule has 0 spiro atoms. The first-order chi connectivity index (χ1) is 8.18. The Labute approximate surface area is 104 Å². The summed E-state index contributed by atoms with van der Waals surface area (Å²) in [6.07, 6.45) is 2.67. The van der Waals surface area contributed by atoms with Crippen LogP contribution in [-0.2, 0) is 14.3 Å². The van der Waals surface area contributed by atoms with Crippen molar-refractivity contribution in [2.24, 2.45) is 11.8 Å². The van der Waals surface area contributed by atoms with E-state index in [1.807, 2.05) is 0 Å². The van der Waals surface area contributed by atoms with Gasteiger partial charge in [0.05, 0.1) is 6.61 Å². The summed E-state index contributed by atoms with van der Waals surface area (Å²) in [6, 6.07) is 0. The Morgan fingerprint density at radius 2 is 2.24 bits per heavy atom. The van der Waals surface area contributed by atoms with Crippen LogP contribution in [0, 0.1) is 11.8 Å². The van der Waals surface area contributed by atoms with Gasteiger partial charge in [0.2, 0.25) is 0 Å². The van der Waals surface area contributed by atoms with Gasteiger partial charge in [-0.25, -0.2) is 0 Å². The zero-order valence-electron chi connectivity index (χ0n) is 11.0. The minimum Gasteiger partial charge on any atom is -0.463 e. The zero-order chi connectivity index (χ0) is 12.5. The van der Waals surface area contributed by atoms with Crippen molar-refractivity contribution in [3.63, 3.8) is 0 Å². The minimum atomic E-state index is -0.0925. The number of carbonyl (C=O) groups is 1. The van der Waals surface area contributed by atoms with Crippen LogP contribution in [0.3, 0.4) is 0 Å². The predicted molar refractivity (Wildman–Crippen MR) is 66.8 cm³/mol. The topological polar surface area (TPSA) is 47.6 Å². The summed E-state index contributed by atoms with van der Waals surface area (Å²) in [4.78, 5) is 11.4. The van der Waals surface area contributed by atoms with E-state index in [1.165, 1.54) is 6.42 Å². The van der Waals surface area contributed by atoms with Gasteiger partial charge in [-0.2, -0.15) is 0 Å². The molecule has 0 aliphatic carbocycles. The average molecular weight is 243 g/mol. The molecule has 1 aliphatic rings. The van der Waals surface area contributed by atoms with E-state index < -0.39 is 0 Å². The Hall–Kier alpha value is -0.610. The highest BCUT2D eigenvalue weighted by Crippen LogP contribution is 2.14. The molecule has 1 N–H and O–H groups in total. The summed E-state index contributed by atoms with van der Waals surface area (Å²) < 4.78 is 10.4. The highest BCUT2D eigenvalue weighted by molar-refractivity contribution is 5.69. The van der Waals surface area contributed by atoms with E-state index in [2.05, 4.69) is 19.2 Å². The van der Waals surface area contributed by atoms with Crippen molar-refractivity contribution < 1.29 is 14.3 Å². The second-order valence-corrected chi connectivity index (χ2v) is 5.09. The van der Waals surface area contributed by atoms with E-state index in [0.29, 0.717) is 31.5 Å². The molecule has 0 aromatic heterocycles. The number of hydrogen-bond donors (Lipinski definition) is 1. The van der Waals surface area contributed by atoms with Crippen molar-refractivity contribution in [3.8, 4) is 0 Å². The summed E-state index contributed by atoms with van der Waals surface area (Å²) in [5, 5.41) is 3.29. The fourth-order valence-electron chi connectivity index (χ4n) is 1.89. The molecule has 1 unspecified atom stereocenters. The lowest BCUT2D eigenvalue weighted by molar-refractivity contribution is -0.145. The molecule has 1 rings (SSSR count). The maximum absolute atomic E-state index is 11.4. The van der Waals surface area contributed by atoms with Crippen LogP contribution in [0.15, 0.2) is 0 Å². The van der Waals surface area contributed by atoms with Crippen LogP contribution >= 0.6 is 0 Å². The van der Waals surface area contributed by atoms with Crippen molar-refractivity contribution in [3.05, 3.63) is 0 Å². The molecule has 1 fully saturated rings. The van der Waals surface area contributed by atoms with Crippen molar-refractivity contribution >= 4 is 5.97 Å². The molecule has 4 nitrogen and oxygen atoms in total. The van der Waals surface area contributed by atoms with E-state index in [4.69, 9.17) is 9.47 Å². The molecule has 0 aromatic carbocycles. The molecule has 0 saturated carbocycles. The molecule has 100 valence electrons. The number of carbonyl (C=O) groups excluding carboxylic acids is 1. The number of ether oxygens (including phenoxy) is 2. The first-order valence-corrected chi connectivity index (χ1v) is 6.62. The van der Waals surface area contributed by atoms with Crippen molar-refractivity contribution in [1.82, 2.24) is 5.32 Å². The minimum absolute atomic E-state index is 0.0925. The van der Waals surface area contributed by atoms with Crippen LogP contribution < -0.4 is 5.32 Å². The van der Waals surface area contributed by atoms with E-state index >= 15 is 0 Å². The second-order valence-electron chi connectivity index (χ2n) is 5.09. The first kappa shape index (κ1) is 14.5. The first-order valence-electron chi connectivity index (χ1n) is 6.62. The number of esters is 1. The smallest absolute Gasteiger partial charge is 0.305 e. The molecule has 1 atom stereocenters. The summed E-state index contributed by atoms with van der Waals surface area (Å²) in [5.41, 5.74) is 0. The maximum atomic E-state index is 11.4. The molecule has 4 heteroatoms. The highest BCUT2D eigenvalue weighted by Gasteiger charge is 2.15. The Kier molecular flexibility index (Phi) is 7.21. The van der Waals surface area contributed by atoms with Gasteiger partial charge in [0, 0.05) is 13.0 Å². The molecular formula is C13H25NO3. The Morgan fingerprint density at radius 3 is 2.88 bits per heavy atom. The third-order valence-corrected chi connectivity index (χ3v) is 2.86. The van der Waals surface area contributed by atoms with Crippen LogP contribution in [-0.4, -0.2) is 38.9 Å². The molecule has 17 heavy (non-hydrogen) atoms. The lowest BCUT2D eigenvalue weighted by atomic mass is 10.0. The third-order valence-electron chi connectivity index (χ3n) is 2.86. The molecule has 1 saturated heterocycles. The van der Waals surface area contributed by atoms with Crippen molar-refractivity contribution in [1.29, 1.82) is 0 Å². The standard InChI is InChI=1S/C13H25NO3/c1-11(2)10-16-7-8-17-13(15)4-3-12-5-6-14-9-12/h11-12,14H,3-10H2,1-2H3. The van der Waals surface area contributed by atoms with Gasteiger partial charge < -0.3 is 14.8 Å². The van der Waals surface area contributed by atoms with Crippen LogP contribution in [0.5, 0.6) is 0 Å². The Morgan fingerprint density at radius 1 is 1.41 bits per heavy atom. The molecule has 0 radical (unpaired) electrons. The molecule has 0 bridgehead atoms. The van der Waals surface area contributed by atoms with E-state index in [1.54, 1.807) is 0 Å². The van der Waals surface area contributed by atoms with Gasteiger partial charge in [-0.1, -0.05) is 13.8 Å². The van der Waals surface area contributed by atoms with Gasteiger partial charge in [-0.05, 0) is 37.8 Å². The van der Waals surface area contributed by atoms with Crippen LogP contribution in [0.25, 0.3) is 0 Å². The molecular weight excluding hydrogens is 218 g/mol. The quantitative estimate of drug-likeness (QED) is 0.519. The summed E-state index contributed by atoms with van der Waals surface area (Å²) in [6.45, 7) is 7.95. The van der Waals surface area contributed by atoms with Crippen LogP contribution in [0.4, 0.5) is 0 Å². The fraction of sp³-hybridized carbons (Fsp3) is 0.923. The lowest BCUT2D eigenvalue weighted by Gasteiger charge is -2.09. The summed E-state index contributed by atoms with van der Waals surface area (Å²) >= 11 is 0. The highest BCUT2D eigenvalue weighted by atomic mass is 16.6. The normalized spacial score (nSPS) is 19.8. The summed E-state index contributed by atoms with van der Waals surface area (Å²) in [5.74, 6) is 1.09. The van der Waals surface area contributed by atoms with Gasteiger partial charge in [-0.15, -0.1) is 0 Å². The fourth-order valence-corrected chi connectivity index (χ4v) is 1.89. The molecule has 1 heterocycles. The molecule has 0 aromatic rings. The predicted octanol–water partition coefficient (Wildman–Crippen LogP) is 1.59.